The summed E-state index contributed by atoms with van der Waals surface area (Å²) in [5.41, 5.74) is 5.57. The maximum atomic E-state index is 12.3. The van der Waals surface area contributed by atoms with Crippen molar-refractivity contribution in [1.29, 1.82) is 0 Å². The highest BCUT2D eigenvalue weighted by atomic mass is 16.1. The van der Waals surface area contributed by atoms with E-state index in [1.165, 1.54) is 32.1 Å². The molecule has 0 aromatic carbocycles. The van der Waals surface area contributed by atoms with Gasteiger partial charge in [-0.1, -0.05) is 46.0 Å². The number of hydrogen-bond donors (Lipinski definition) is 2. The molecular formula is C15H30N2O. The third kappa shape index (κ3) is 4.97. The molecule has 2 atom stereocenters. The first-order chi connectivity index (χ1) is 8.54. The number of nitrogens with one attached hydrogen (secondary N) is 1. The Hall–Kier alpha value is -0.570. The predicted octanol–water partition coefficient (Wildman–Crippen LogP) is 2.69. The molecule has 0 saturated heterocycles. The van der Waals surface area contributed by atoms with Crippen LogP contribution in [0.4, 0.5) is 0 Å². The van der Waals surface area contributed by atoms with Gasteiger partial charge in [0.2, 0.25) is 5.91 Å². The van der Waals surface area contributed by atoms with Crippen LogP contribution in [0.3, 0.4) is 0 Å². The largest absolute Gasteiger partial charge is 0.352 e. The minimum Gasteiger partial charge on any atom is -0.352 e. The maximum absolute atomic E-state index is 12.3. The minimum absolute atomic E-state index is 0.0881. The molecular weight excluding hydrogens is 224 g/mol. The van der Waals surface area contributed by atoms with Gasteiger partial charge in [0.25, 0.3) is 0 Å². The molecule has 1 aliphatic carbocycles. The second kappa shape index (κ2) is 7.78. The molecule has 1 amide bonds. The number of nitrogens with two attached hydrogens (primary N) is 1. The van der Waals surface area contributed by atoms with Crippen molar-refractivity contribution in [3.8, 4) is 0 Å². The van der Waals surface area contributed by atoms with Crippen molar-refractivity contribution in [2.24, 2.45) is 23.5 Å². The number of rotatable bonds is 6. The van der Waals surface area contributed by atoms with E-state index in [1.807, 2.05) is 6.92 Å². The highest BCUT2D eigenvalue weighted by molar-refractivity contribution is 5.79. The first kappa shape index (κ1) is 15.5. The summed E-state index contributed by atoms with van der Waals surface area (Å²) in [6, 6.07) is 0.0881. The summed E-state index contributed by atoms with van der Waals surface area (Å²) in [5.74, 6) is 1.53. The van der Waals surface area contributed by atoms with Crippen LogP contribution in [0.5, 0.6) is 0 Å². The van der Waals surface area contributed by atoms with Gasteiger partial charge in [-0.3, -0.25) is 4.79 Å². The van der Waals surface area contributed by atoms with Crippen LogP contribution in [0.15, 0.2) is 0 Å². The number of hydrogen-bond acceptors (Lipinski definition) is 2. The van der Waals surface area contributed by atoms with Crippen LogP contribution >= 0.6 is 0 Å². The van der Waals surface area contributed by atoms with Gasteiger partial charge < -0.3 is 11.1 Å². The summed E-state index contributed by atoms with van der Waals surface area (Å²) in [6.45, 7) is 6.79. The summed E-state index contributed by atoms with van der Waals surface area (Å²) in [4.78, 5) is 12.3. The molecule has 1 unspecified atom stereocenters. The Morgan fingerprint density at radius 3 is 2.33 bits per heavy atom. The SMILES string of the molecule is CC(C)C(CC1CCCCC1)C(=O)N[C@@H](C)CN. The van der Waals surface area contributed by atoms with Crippen LogP contribution in [-0.4, -0.2) is 18.5 Å². The fourth-order valence-corrected chi connectivity index (χ4v) is 2.87. The first-order valence-electron chi connectivity index (χ1n) is 7.55. The second-order valence-corrected chi connectivity index (χ2v) is 6.24. The molecule has 1 aliphatic rings. The molecule has 1 fully saturated rings. The molecule has 18 heavy (non-hydrogen) atoms. The molecule has 1 rings (SSSR count). The van der Waals surface area contributed by atoms with Crippen LogP contribution in [-0.2, 0) is 4.79 Å². The monoisotopic (exact) mass is 254 g/mol. The van der Waals surface area contributed by atoms with Crippen molar-refractivity contribution < 1.29 is 4.79 Å². The Labute approximate surface area is 112 Å². The second-order valence-electron chi connectivity index (χ2n) is 6.24. The maximum Gasteiger partial charge on any atom is 0.223 e. The average Bonchev–Trinajstić information content (AvgIpc) is 2.36. The zero-order valence-corrected chi connectivity index (χ0v) is 12.2. The van der Waals surface area contributed by atoms with E-state index in [4.69, 9.17) is 5.73 Å². The van der Waals surface area contributed by atoms with Crippen molar-refractivity contribution in [2.75, 3.05) is 6.54 Å². The van der Waals surface area contributed by atoms with E-state index in [9.17, 15) is 4.79 Å². The van der Waals surface area contributed by atoms with E-state index in [1.54, 1.807) is 0 Å². The van der Waals surface area contributed by atoms with Crippen molar-refractivity contribution in [3.63, 3.8) is 0 Å². The van der Waals surface area contributed by atoms with Crippen molar-refractivity contribution in [3.05, 3.63) is 0 Å². The highest BCUT2D eigenvalue weighted by Crippen LogP contribution is 2.31. The van der Waals surface area contributed by atoms with Gasteiger partial charge in [0.1, 0.15) is 0 Å². The summed E-state index contributed by atoms with van der Waals surface area (Å²) < 4.78 is 0. The fourth-order valence-electron chi connectivity index (χ4n) is 2.87. The van der Waals surface area contributed by atoms with Crippen molar-refractivity contribution in [2.45, 2.75) is 65.3 Å². The van der Waals surface area contributed by atoms with E-state index in [2.05, 4.69) is 19.2 Å². The lowest BCUT2D eigenvalue weighted by molar-refractivity contribution is -0.127. The Balaban J connectivity index is 2.50. The van der Waals surface area contributed by atoms with Gasteiger partial charge in [-0.25, -0.2) is 0 Å². The van der Waals surface area contributed by atoms with Crippen LogP contribution in [0.2, 0.25) is 0 Å². The summed E-state index contributed by atoms with van der Waals surface area (Å²) in [5, 5.41) is 3.04. The molecule has 3 nitrogen and oxygen atoms in total. The molecule has 106 valence electrons. The molecule has 0 radical (unpaired) electrons. The lowest BCUT2D eigenvalue weighted by Crippen LogP contribution is -2.43. The third-order valence-electron chi connectivity index (χ3n) is 4.20. The summed E-state index contributed by atoms with van der Waals surface area (Å²) >= 11 is 0. The predicted molar refractivity (Wildman–Crippen MR) is 76.2 cm³/mol. The fraction of sp³-hybridized carbons (Fsp3) is 0.933. The number of carbonyl (C=O) groups excluding carboxylic acids is 1. The smallest absolute Gasteiger partial charge is 0.223 e. The highest BCUT2D eigenvalue weighted by Gasteiger charge is 2.27. The van der Waals surface area contributed by atoms with Gasteiger partial charge in [-0.2, -0.15) is 0 Å². The Morgan fingerprint density at radius 2 is 1.83 bits per heavy atom. The van der Waals surface area contributed by atoms with Crippen LogP contribution in [0, 0.1) is 17.8 Å². The van der Waals surface area contributed by atoms with Gasteiger partial charge >= 0.3 is 0 Å². The van der Waals surface area contributed by atoms with E-state index >= 15 is 0 Å². The van der Waals surface area contributed by atoms with E-state index in [0.717, 1.165) is 12.3 Å². The summed E-state index contributed by atoms with van der Waals surface area (Å²) in [7, 11) is 0. The lowest BCUT2D eigenvalue weighted by atomic mass is 9.79. The molecule has 0 aromatic heterocycles. The zero-order chi connectivity index (χ0) is 13.5. The van der Waals surface area contributed by atoms with Crippen molar-refractivity contribution in [1.82, 2.24) is 5.32 Å². The Bertz CT molecular complexity index is 247. The lowest BCUT2D eigenvalue weighted by Gasteiger charge is -2.29. The number of carbonyl (C=O) groups is 1. The quantitative estimate of drug-likeness (QED) is 0.765. The van der Waals surface area contributed by atoms with E-state index < -0.39 is 0 Å². The van der Waals surface area contributed by atoms with Gasteiger partial charge in [-0.05, 0) is 25.2 Å². The zero-order valence-electron chi connectivity index (χ0n) is 12.2. The molecule has 1 saturated carbocycles. The van der Waals surface area contributed by atoms with E-state index in [0.29, 0.717) is 12.5 Å². The van der Waals surface area contributed by atoms with Gasteiger partial charge in [-0.15, -0.1) is 0 Å². The molecule has 0 aromatic rings. The molecule has 0 aliphatic heterocycles. The number of amides is 1. The average molecular weight is 254 g/mol. The van der Waals surface area contributed by atoms with Gasteiger partial charge in [0.15, 0.2) is 0 Å². The molecule has 3 N–H and O–H groups in total. The Kier molecular flexibility index (Phi) is 6.69. The summed E-state index contributed by atoms with van der Waals surface area (Å²) in [6.07, 6.45) is 7.73. The molecule has 0 spiro atoms. The van der Waals surface area contributed by atoms with Gasteiger partial charge in [0.05, 0.1) is 0 Å². The standard InChI is InChI=1S/C15H30N2O/c1-11(2)14(15(18)17-12(3)10-16)9-13-7-5-4-6-8-13/h11-14H,4-10,16H2,1-3H3,(H,17,18)/t12-,14?/m0/s1. The van der Waals surface area contributed by atoms with Crippen LogP contribution in [0.1, 0.15) is 59.3 Å². The van der Waals surface area contributed by atoms with E-state index in [-0.39, 0.29) is 17.9 Å². The topological polar surface area (TPSA) is 55.1 Å². The van der Waals surface area contributed by atoms with Crippen LogP contribution in [0.25, 0.3) is 0 Å². The molecule has 0 heterocycles. The van der Waals surface area contributed by atoms with Crippen molar-refractivity contribution >= 4 is 5.91 Å². The van der Waals surface area contributed by atoms with Crippen LogP contribution < -0.4 is 11.1 Å². The normalized spacial score (nSPS) is 20.7. The minimum atomic E-state index is 0.0881. The van der Waals surface area contributed by atoms with Gasteiger partial charge in [0, 0.05) is 18.5 Å². The molecule has 0 bridgehead atoms. The molecule has 3 heteroatoms. The third-order valence-corrected chi connectivity index (χ3v) is 4.20. The first-order valence-corrected chi connectivity index (χ1v) is 7.55. The Morgan fingerprint density at radius 1 is 1.22 bits per heavy atom.